The molecule has 94 valence electrons. The molecule has 2 rings (SSSR count). The van der Waals surface area contributed by atoms with Crippen LogP contribution in [-0.2, 0) is 13.0 Å². The van der Waals surface area contributed by atoms with E-state index in [0.29, 0.717) is 13.1 Å². The SMILES string of the molecule is CCN(Cc1cccc2c1NCC2)CC(F)F. The van der Waals surface area contributed by atoms with Crippen LogP contribution >= 0.6 is 0 Å². The zero-order valence-electron chi connectivity index (χ0n) is 10.0. The highest BCUT2D eigenvalue weighted by molar-refractivity contribution is 5.61. The van der Waals surface area contributed by atoms with Gasteiger partial charge in [0.1, 0.15) is 0 Å². The van der Waals surface area contributed by atoms with E-state index < -0.39 is 6.43 Å². The Morgan fingerprint density at radius 2 is 2.24 bits per heavy atom. The van der Waals surface area contributed by atoms with E-state index in [9.17, 15) is 8.78 Å². The van der Waals surface area contributed by atoms with E-state index in [1.54, 1.807) is 4.90 Å². The molecule has 0 fully saturated rings. The van der Waals surface area contributed by atoms with Gasteiger partial charge in [-0.25, -0.2) is 8.78 Å². The molecule has 0 spiro atoms. The first-order chi connectivity index (χ1) is 8.20. The number of hydrogen-bond acceptors (Lipinski definition) is 2. The van der Waals surface area contributed by atoms with Crippen molar-refractivity contribution in [2.24, 2.45) is 0 Å². The van der Waals surface area contributed by atoms with Crippen molar-refractivity contribution < 1.29 is 8.78 Å². The highest BCUT2D eigenvalue weighted by Gasteiger charge is 2.16. The average molecular weight is 240 g/mol. The Morgan fingerprint density at radius 3 is 2.94 bits per heavy atom. The van der Waals surface area contributed by atoms with Crippen LogP contribution in [0.2, 0.25) is 0 Å². The molecule has 4 heteroatoms. The van der Waals surface area contributed by atoms with Gasteiger partial charge in [-0.3, -0.25) is 4.90 Å². The number of halogens is 2. The quantitative estimate of drug-likeness (QED) is 0.851. The maximum absolute atomic E-state index is 12.4. The van der Waals surface area contributed by atoms with Gasteiger partial charge in [0.05, 0.1) is 6.54 Å². The number of nitrogens with one attached hydrogen (secondary N) is 1. The Labute approximate surface area is 101 Å². The molecule has 1 heterocycles. The lowest BCUT2D eigenvalue weighted by Gasteiger charge is -2.21. The van der Waals surface area contributed by atoms with Crippen LogP contribution < -0.4 is 5.32 Å². The van der Waals surface area contributed by atoms with Gasteiger partial charge in [-0.1, -0.05) is 25.1 Å². The minimum absolute atomic E-state index is 0.153. The van der Waals surface area contributed by atoms with Gasteiger partial charge in [0.2, 0.25) is 0 Å². The monoisotopic (exact) mass is 240 g/mol. The Bertz CT molecular complexity index is 380. The van der Waals surface area contributed by atoms with Crippen molar-refractivity contribution in [2.75, 3.05) is 25.0 Å². The van der Waals surface area contributed by atoms with Crippen molar-refractivity contribution in [2.45, 2.75) is 26.3 Å². The summed E-state index contributed by atoms with van der Waals surface area (Å²) in [5.41, 5.74) is 3.58. The first kappa shape index (κ1) is 12.3. The van der Waals surface area contributed by atoms with Crippen LogP contribution in [0.4, 0.5) is 14.5 Å². The second kappa shape index (κ2) is 5.45. The molecule has 0 atom stereocenters. The highest BCUT2D eigenvalue weighted by atomic mass is 19.3. The third kappa shape index (κ3) is 2.94. The van der Waals surface area contributed by atoms with E-state index in [0.717, 1.165) is 24.2 Å². The van der Waals surface area contributed by atoms with E-state index >= 15 is 0 Å². The van der Waals surface area contributed by atoms with E-state index in [1.807, 2.05) is 19.1 Å². The molecule has 0 amide bonds. The highest BCUT2D eigenvalue weighted by Crippen LogP contribution is 2.27. The second-order valence-electron chi connectivity index (χ2n) is 4.35. The van der Waals surface area contributed by atoms with Crippen LogP contribution in [0.1, 0.15) is 18.1 Å². The summed E-state index contributed by atoms with van der Waals surface area (Å²) < 4.78 is 24.8. The topological polar surface area (TPSA) is 15.3 Å². The summed E-state index contributed by atoms with van der Waals surface area (Å²) in [6.45, 7) is 3.96. The van der Waals surface area contributed by atoms with Gasteiger partial charge >= 0.3 is 0 Å². The predicted molar refractivity (Wildman–Crippen MR) is 65.6 cm³/mol. The Kier molecular flexibility index (Phi) is 3.94. The van der Waals surface area contributed by atoms with Crippen LogP contribution in [0.3, 0.4) is 0 Å². The fourth-order valence-electron chi connectivity index (χ4n) is 2.28. The first-order valence-corrected chi connectivity index (χ1v) is 6.06. The zero-order chi connectivity index (χ0) is 12.3. The molecule has 0 bridgehead atoms. The minimum Gasteiger partial charge on any atom is -0.384 e. The fraction of sp³-hybridized carbons (Fsp3) is 0.538. The van der Waals surface area contributed by atoms with E-state index in [-0.39, 0.29) is 6.54 Å². The van der Waals surface area contributed by atoms with Crippen molar-refractivity contribution in [1.82, 2.24) is 4.90 Å². The second-order valence-corrected chi connectivity index (χ2v) is 4.35. The lowest BCUT2D eigenvalue weighted by atomic mass is 10.1. The van der Waals surface area contributed by atoms with Crippen LogP contribution in [0.15, 0.2) is 18.2 Å². The van der Waals surface area contributed by atoms with Gasteiger partial charge in [0, 0.05) is 18.8 Å². The molecule has 17 heavy (non-hydrogen) atoms. The predicted octanol–water partition coefficient (Wildman–Crippen LogP) is 2.74. The number of benzene rings is 1. The van der Waals surface area contributed by atoms with Gasteiger partial charge in [0.25, 0.3) is 6.43 Å². The molecule has 0 saturated carbocycles. The molecule has 0 unspecified atom stereocenters. The van der Waals surface area contributed by atoms with Crippen molar-refractivity contribution in [3.05, 3.63) is 29.3 Å². The lowest BCUT2D eigenvalue weighted by Crippen LogP contribution is -2.28. The minimum atomic E-state index is -2.26. The molecule has 0 aromatic heterocycles. The van der Waals surface area contributed by atoms with Crippen LogP contribution in [0, 0.1) is 0 Å². The van der Waals surface area contributed by atoms with Crippen molar-refractivity contribution in [1.29, 1.82) is 0 Å². The maximum atomic E-state index is 12.4. The standard InChI is InChI=1S/C13H18F2N2/c1-2-17(9-12(14)15)8-11-5-3-4-10-6-7-16-13(10)11/h3-5,12,16H,2,6-9H2,1H3. The summed E-state index contributed by atoms with van der Waals surface area (Å²) in [7, 11) is 0. The number of nitrogens with zero attached hydrogens (tertiary/aromatic N) is 1. The number of para-hydroxylation sites is 1. The molecule has 1 N–H and O–H groups in total. The molecule has 1 aromatic rings. The lowest BCUT2D eigenvalue weighted by molar-refractivity contribution is 0.0875. The fourth-order valence-corrected chi connectivity index (χ4v) is 2.28. The van der Waals surface area contributed by atoms with E-state index in [1.165, 1.54) is 5.56 Å². The maximum Gasteiger partial charge on any atom is 0.251 e. The molecular formula is C13H18F2N2. The largest absolute Gasteiger partial charge is 0.384 e. The molecule has 1 aromatic carbocycles. The third-order valence-corrected chi connectivity index (χ3v) is 3.17. The van der Waals surface area contributed by atoms with Gasteiger partial charge in [-0.15, -0.1) is 0 Å². The number of hydrogen-bond donors (Lipinski definition) is 1. The number of alkyl halides is 2. The van der Waals surface area contributed by atoms with E-state index in [2.05, 4.69) is 11.4 Å². The number of rotatable bonds is 5. The van der Waals surface area contributed by atoms with Gasteiger partial charge < -0.3 is 5.32 Å². The Balaban J connectivity index is 2.10. The first-order valence-electron chi connectivity index (χ1n) is 6.06. The van der Waals surface area contributed by atoms with Crippen LogP contribution in [-0.4, -0.2) is 31.0 Å². The Morgan fingerprint density at radius 1 is 1.41 bits per heavy atom. The van der Waals surface area contributed by atoms with Crippen molar-refractivity contribution in [3.63, 3.8) is 0 Å². The van der Waals surface area contributed by atoms with Crippen molar-refractivity contribution >= 4 is 5.69 Å². The molecule has 0 aliphatic carbocycles. The summed E-state index contributed by atoms with van der Waals surface area (Å²) >= 11 is 0. The summed E-state index contributed by atoms with van der Waals surface area (Å²) in [6.07, 6.45) is -1.23. The summed E-state index contributed by atoms with van der Waals surface area (Å²) in [5, 5.41) is 3.34. The van der Waals surface area contributed by atoms with Gasteiger partial charge in [-0.2, -0.15) is 0 Å². The number of anilines is 1. The van der Waals surface area contributed by atoms with Crippen LogP contribution in [0.25, 0.3) is 0 Å². The summed E-state index contributed by atoms with van der Waals surface area (Å²) in [4.78, 5) is 1.78. The molecular weight excluding hydrogens is 222 g/mol. The van der Waals surface area contributed by atoms with Gasteiger partial charge in [-0.05, 0) is 24.1 Å². The molecule has 0 saturated heterocycles. The third-order valence-electron chi connectivity index (χ3n) is 3.17. The molecule has 2 nitrogen and oxygen atoms in total. The van der Waals surface area contributed by atoms with Crippen molar-refractivity contribution in [3.8, 4) is 0 Å². The summed E-state index contributed by atoms with van der Waals surface area (Å²) in [6, 6.07) is 6.13. The molecule has 0 radical (unpaired) electrons. The normalized spacial score (nSPS) is 14.2. The van der Waals surface area contributed by atoms with Crippen LogP contribution in [0.5, 0.6) is 0 Å². The number of fused-ring (bicyclic) bond motifs is 1. The summed E-state index contributed by atoms with van der Waals surface area (Å²) in [5.74, 6) is 0. The zero-order valence-corrected chi connectivity index (χ0v) is 10.0. The molecule has 1 aliphatic rings. The van der Waals surface area contributed by atoms with Gasteiger partial charge in [0.15, 0.2) is 0 Å². The average Bonchev–Trinajstić information content (AvgIpc) is 2.76. The molecule has 1 aliphatic heterocycles. The smallest absolute Gasteiger partial charge is 0.251 e. The Hall–Kier alpha value is -1.16. The van der Waals surface area contributed by atoms with E-state index in [4.69, 9.17) is 0 Å².